The minimum absolute atomic E-state index is 0.264. The molecule has 0 aromatic carbocycles. The van der Waals surface area contributed by atoms with Gasteiger partial charge in [0.25, 0.3) is 0 Å². The van der Waals surface area contributed by atoms with Gasteiger partial charge in [0.15, 0.2) is 0 Å². The third-order valence-electron chi connectivity index (χ3n) is 1.82. The number of aromatic nitrogens is 2. The normalized spacial score (nSPS) is 9.93. The predicted molar refractivity (Wildman–Crippen MR) is 52.0 cm³/mol. The van der Waals surface area contributed by atoms with Crippen LogP contribution in [0.5, 0.6) is 5.88 Å². The van der Waals surface area contributed by atoms with Crippen molar-refractivity contribution in [3.63, 3.8) is 0 Å². The first kappa shape index (κ1) is 10.5. The highest BCUT2D eigenvalue weighted by Crippen LogP contribution is 2.17. The van der Waals surface area contributed by atoms with E-state index in [9.17, 15) is 0 Å². The number of methoxy groups -OCH3 is 1. The smallest absolute Gasteiger partial charge is 0.220 e. The van der Waals surface area contributed by atoms with Gasteiger partial charge in [-0.1, -0.05) is 13.8 Å². The maximum absolute atomic E-state index is 8.56. The summed E-state index contributed by atoms with van der Waals surface area (Å²) in [7, 11) is 1.55. The standard InChI is InChI=1S/C10H13N3O/c1-7(2)9-12-6-8(4-5-11)10(13-9)14-3/h6-7H,4H2,1-3H3. The highest BCUT2D eigenvalue weighted by atomic mass is 16.5. The van der Waals surface area contributed by atoms with Gasteiger partial charge in [-0.25, -0.2) is 4.98 Å². The average Bonchev–Trinajstić information content (AvgIpc) is 2.18. The largest absolute Gasteiger partial charge is 0.481 e. The lowest BCUT2D eigenvalue weighted by Crippen LogP contribution is -2.02. The average molecular weight is 191 g/mol. The molecule has 0 aliphatic carbocycles. The van der Waals surface area contributed by atoms with E-state index in [4.69, 9.17) is 10.00 Å². The van der Waals surface area contributed by atoms with Gasteiger partial charge in [0.1, 0.15) is 5.82 Å². The quantitative estimate of drug-likeness (QED) is 0.729. The van der Waals surface area contributed by atoms with Crippen molar-refractivity contribution in [2.24, 2.45) is 0 Å². The van der Waals surface area contributed by atoms with E-state index in [0.29, 0.717) is 5.88 Å². The van der Waals surface area contributed by atoms with Crippen LogP contribution in [-0.4, -0.2) is 17.1 Å². The lowest BCUT2D eigenvalue weighted by atomic mass is 10.2. The zero-order chi connectivity index (χ0) is 10.6. The van der Waals surface area contributed by atoms with E-state index in [-0.39, 0.29) is 12.3 Å². The highest BCUT2D eigenvalue weighted by Gasteiger charge is 2.09. The lowest BCUT2D eigenvalue weighted by molar-refractivity contribution is 0.389. The molecule has 0 radical (unpaired) electrons. The molecule has 0 spiro atoms. The zero-order valence-corrected chi connectivity index (χ0v) is 8.61. The Hall–Kier alpha value is -1.63. The molecule has 4 nitrogen and oxygen atoms in total. The molecule has 0 saturated carbocycles. The molecule has 0 fully saturated rings. The number of ether oxygens (including phenoxy) is 1. The Bertz CT molecular complexity index is 355. The summed E-state index contributed by atoms with van der Waals surface area (Å²) in [6.45, 7) is 4.03. The fourth-order valence-corrected chi connectivity index (χ4v) is 1.07. The molecule has 0 atom stereocenters. The van der Waals surface area contributed by atoms with Gasteiger partial charge < -0.3 is 4.74 Å². The number of nitriles is 1. The van der Waals surface area contributed by atoms with E-state index in [2.05, 4.69) is 9.97 Å². The molecule has 0 aliphatic rings. The first-order valence-electron chi connectivity index (χ1n) is 4.45. The van der Waals surface area contributed by atoms with Gasteiger partial charge in [0.2, 0.25) is 5.88 Å². The number of rotatable bonds is 3. The van der Waals surface area contributed by atoms with E-state index in [0.717, 1.165) is 11.4 Å². The van der Waals surface area contributed by atoms with Gasteiger partial charge in [0.05, 0.1) is 19.6 Å². The topological polar surface area (TPSA) is 58.8 Å². The van der Waals surface area contributed by atoms with Crippen LogP contribution in [-0.2, 0) is 6.42 Å². The summed E-state index contributed by atoms with van der Waals surface area (Å²) in [5.74, 6) is 1.51. The summed E-state index contributed by atoms with van der Waals surface area (Å²) < 4.78 is 5.09. The van der Waals surface area contributed by atoms with Gasteiger partial charge in [-0.3, -0.25) is 0 Å². The monoisotopic (exact) mass is 191 g/mol. The van der Waals surface area contributed by atoms with E-state index in [1.807, 2.05) is 19.9 Å². The summed E-state index contributed by atoms with van der Waals surface area (Å²) in [6.07, 6.45) is 1.94. The second-order valence-corrected chi connectivity index (χ2v) is 3.25. The maximum atomic E-state index is 8.56. The first-order valence-corrected chi connectivity index (χ1v) is 4.45. The van der Waals surface area contributed by atoms with Crippen molar-refractivity contribution in [2.45, 2.75) is 26.2 Å². The summed E-state index contributed by atoms with van der Waals surface area (Å²) >= 11 is 0. The van der Waals surface area contributed by atoms with Crippen molar-refractivity contribution in [1.82, 2.24) is 9.97 Å². The fraction of sp³-hybridized carbons (Fsp3) is 0.500. The van der Waals surface area contributed by atoms with Crippen LogP contribution in [0.4, 0.5) is 0 Å². The van der Waals surface area contributed by atoms with E-state index in [1.54, 1.807) is 13.3 Å². The molecule has 0 amide bonds. The van der Waals surface area contributed by atoms with Gasteiger partial charge in [-0.2, -0.15) is 10.2 Å². The van der Waals surface area contributed by atoms with Crippen molar-refractivity contribution >= 4 is 0 Å². The molecular weight excluding hydrogens is 178 g/mol. The predicted octanol–water partition coefficient (Wildman–Crippen LogP) is 1.67. The van der Waals surface area contributed by atoms with Crippen molar-refractivity contribution in [3.05, 3.63) is 17.6 Å². The summed E-state index contributed by atoms with van der Waals surface area (Å²) in [5.41, 5.74) is 0.736. The van der Waals surface area contributed by atoms with Crippen LogP contribution in [0.3, 0.4) is 0 Å². The van der Waals surface area contributed by atoms with E-state index >= 15 is 0 Å². The zero-order valence-electron chi connectivity index (χ0n) is 8.61. The van der Waals surface area contributed by atoms with Gasteiger partial charge in [-0.15, -0.1) is 0 Å². The molecular formula is C10H13N3O. The molecule has 1 rings (SSSR count). The number of nitrogens with zero attached hydrogens (tertiary/aromatic N) is 3. The summed E-state index contributed by atoms with van der Waals surface area (Å²) in [6, 6.07) is 2.05. The molecule has 14 heavy (non-hydrogen) atoms. The Kier molecular flexibility index (Phi) is 3.41. The number of hydrogen-bond donors (Lipinski definition) is 0. The molecule has 4 heteroatoms. The Morgan fingerprint density at radius 3 is 2.79 bits per heavy atom. The second kappa shape index (κ2) is 4.56. The molecule has 74 valence electrons. The Morgan fingerprint density at radius 1 is 1.57 bits per heavy atom. The van der Waals surface area contributed by atoms with Crippen LogP contribution in [0.25, 0.3) is 0 Å². The van der Waals surface area contributed by atoms with Crippen LogP contribution in [0.2, 0.25) is 0 Å². The molecule has 0 unspecified atom stereocenters. The highest BCUT2D eigenvalue weighted by molar-refractivity contribution is 5.26. The third-order valence-corrected chi connectivity index (χ3v) is 1.82. The summed E-state index contributed by atoms with van der Waals surface area (Å²) in [5, 5.41) is 8.56. The molecule has 1 aromatic rings. The molecule has 0 bridgehead atoms. The van der Waals surface area contributed by atoms with Crippen molar-refractivity contribution in [3.8, 4) is 11.9 Å². The third kappa shape index (κ3) is 2.19. The van der Waals surface area contributed by atoms with Crippen molar-refractivity contribution in [2.75, 3.05) is 7.11 Å². The molecule has 1 heterocycles. The van der Waals surface area contributed by atoms with Gasteiger partial charge >= 0.3 is 0 Å². The van der Waals surface area contributed by atoms with Crippen LogP contribution in [0.1, 0.15) is 31.2 Å². The van der Waals surface area contributed by atoms with Gasteiger partial charge in [0, 0.05) is 17.7 Å². The minimum Gasteiger partial charge on any atom is -0.481 e. The second-order valence-electron chi connectivity index (χ2n) is 3.25. The maximum Gasteiger partial charge on any atom is 0.220 e. The fourth-order valence-electron chi connectivity index (χ4n) is 1.07. The van der Waals surface area contributed by atoms with E-state index in [1.165, 1.54) is 0 Å². The Morgan fingerprint density at radius 2 is 2.29 bits per heavy atom. The number of hydrogen-bond acceptors (Lipinski definition) is 4. The van der Waals surface area contributed by atoms with E-state index < -0.39 is 0 Å². The lowest BCUT2D eigenvalue weighted by Gasteiger charge is -2.08. The van der Waals surface area contributed by atoms with Crippen LogP contribution in [0, 0.1) is 11.3 Å². The van der Waals surface area contributed by atoms with Crippen LogP contribution < -0.4 is 4.74 Å². The molecule has 0 N–H and O–H groups in total. The van der Waals surface area contributed by atoms with Crippen LogP contribution >= 0.6 is 0 Å². The molecule has 1 aromatic heterocycles. The van der Waals surface area contributed by atoms with Crippen molar-refractivity contribution in [1.29, 1.82) is 5.26 Å². The molecule has 0 aliphatic heterocycles. The summed E-state index contributed by atoms with van der Waals surface area (Å²) in [4.78, 5) is 8.39. The Balaban J connectivity index is 3.06. The van der Waals surface area contributed by atoms with Crippen LogP contribution in [0.15, 0.2) is 6.20 Å². The Labute approximate surface area is 83.6 Å². The first-order chi connectivity index (χ1) is 6.69. The van der Waals surface area contributed by atoms with Gasteiger partial charge in [-0.05, 0) is 0 Å². The molecule has 0 saturated heterocycles. The minimum atomic E-state index is 0.264. The SMILES string of the molecule is COc1nc(C(C)C)ncc1CC#N. The van der Waals surface area contributed by atoms with Crippen molar-refractivity contribution < 1.29 is 4.74 Å².